The van der Waals surface area contributed by atoms with Crippen LogP contribution in [0.3, 0.4) is 0 Å². The number of rotatable bonds is 7. The number of nitrogens with one attached hydrogen (secondary N) is 2. The van der Waals surface area contributed by atoms with Crippen LogP contribution in [0.25, 0.3) is 0 Å². The highest BCUT2D eigenvalue weighted by molar-refractivity contribution is 14.0. The van der Waals surface area contributed by atoms with Crippen LogP contribution in [0, 0.1) is 5.92 Å². The second-order valence-electron chi connectivity index (χ2n) is 6.25. The van der Waals surface area contributed by atoms with Gasteiger partial charge in [0, 0.05) is 32.2 Å². The lowest BCUT2D eigenvalue weighted by Gasteiger charge is -2.32. The Hall–Kier alpha value is -0.0400. The van der Waals surface area contributed by atoms with E-state index in [1.807, 2.05) is 0 Å². The molecule has 0 aromatic heterocycles. The molecule has 0 radical (unpaired) electrons. The van der Waals surface area contributed by atoms with Gasteiger partial charge in [-0.25, -0.2) is 0 Å². The maximum atomic E-state index is 4.72. The Morgan fingerprint density at radius 3 is 2.43 bits per heavy atom. The van der Waals surface area contributed by atoms with E-state index in [9.17, 15) is 0 Å². The van der Waals surface area contributed by atoms with E-state index in [0.717, 1.165) is 25.0 Å². The monoisotopic (exact) mass is 408 g/mol. The van der Waals surface area contributed by atoms with Crippen molar-refractivity contribution in [3.05, 3.63) is 0 Å². The summed E-state index contributed by atoms with van der Waals surface area (Å²) < 4.78 is 0. The van der Waals surface area contributed by atoms with Crippen molar-refractivity contribution in [1.82, 2.24) is 15.5 Å². The maximum Gasteiger partial charge on any atom is 0.191 e. The molecule has 0 bridgehead atoms. The van der Waals surface area contributed by atoms with Gasteiger partial charge in [0.05, 0.1) is 0 Å². The molecule has 2 aliphatic rings. The summed E-state index contributed by atoms with van der Waals surface area (Å²) in [6, 6.07) is 0.599. The molecule has 1 heterocycles. The molecule has 0 unspecified atom stereocenters. The van der Waals surface area contributed by atoms with Gasteiger partial charge in [-0.15, -0.1) is 24.0 Å². The molecule has 1 aliphatic carbocycles. The molecule has 1 saturated heterocycles. The first-order valence-electron chi connectivity index (χ1n) is 8.59. The lowest BCUT2D eigenvalue weighted by Crippen LogP contribution is -2.48. The van der Waals surface area contributed by atoms with Crippen LogP contribution >= 0.6 is 24.0 Å². The van der Waals surface area contributed by atoms with E-state index in [0.29, 0.717) is 6.04 Å². The van der Waals surface area contributed by atoms with Gasteiger partial charge in [-0.2, -0.15) is 0 Å². The Bertz CT molecular complexity index is 297. The molecule has 124 valence electrons. The molecule has 1 aliphatic heterocycles. The van der Waals surface area contributed by atoms with E-state index < -0.39 is 0 Å². The fourth-order valence-electron chi connectivity index (χ4n) is 2.90. The third-order valence-electron chi connectivity index (χ3n) is 4.32. The molecule has 0 spiro atoms. The van der Waals surface area contributed by atoms with E-state index in [1.54, 1.807) is 0 Å². The lowest BCUT2D eigenvalue weighted by atomic mass is 10.1. The molecule has 0 amide bonds. The standard InChI is InChI=1S/C16H32N4.HI/c1-3-11-20-12-8-15(9-13-20)19-16(17-4-2)18-10-7-14-5-6-14;/h14-15H,3-13H2,1-2H3,(H2,17,18,19);1H. The van der Waals surface area contributed by atoms with Crippen molar-refractivity contribution < 1.29 is 0 Å². The zero-order chi connectivity index (χ0) is 14.2. The second-order valence-corrected chi connectivity index (χ2v) is 6.25. The van der Waals surface area contributed by atoms with Crippen LogP contribution in [0.15, 0.2) is 4.99 Å². The van der Waals surface area contributed by atoms with Crippen LogP contribution in [0.4, 0.5) is 0 Å². The summed E-state index contributed by atoms with van der Waals surface area (Å²) in [7, 11) is 0. The van der Waals surface area contributed by atoms with Crippen LogP contribution in [0.5, 0.6) is 0 Å². The Morgan fingerprint density at radius 2 is 1.86 bits per heavy atom. The fourth-order valence-corrected chi connectivity index (χ4v) is 2.90. The van der Waals surface area contributed by atoms with E-state index in [-0.39, 0.29) is 24.0 Å². The SMILES string of the molecule is CCCN1CCC(NC(=NCCC2CC2)NCC)CC1.I. The molecular formula is C16H33IN4. The van der Waals surface area contributed by atoms with Crippen molar-refractivity contribution in [3.8, 4) is 0 Å². The summed E-state index contributed by atoms with van der Waals surface area (Å²) in [5.41, 5.74) is 0. The molecule has 0 aromatic rings. The molecule has 5 heteroatoms. The Balaban J connectivity index is 0.00000220. The van der Waals surface area contributed by atoms with Crippen LogP contribution in [0.1, 0.15) is 52.4 Å². The van der Waals surface area contributed by atoms with Gasteiger partial charge in [0.15, 0.2) is 5.96 Å². The van der Waals surface area contributed by atoms with Crippen LogP contribution in [0.2, 0.25) is 0 Å². The number of aliphatic imine (C=N–C) groups is 1. The van der Waals surface area contributed by atoms with Crippen molar-refractivity contribution in [2.45, 2.75) is 58.4 Å². The van der Waals surface area contributed by atoms with Crippen LogP contribution < -0.4 is 10.6 Å². The minimum Gasteiger partial charge on any atom is -0.357 e. The zero-order valence-electron chi connectivity index (χ0n) is 13.7. The van der Waals surface area contributed by atoms with Gasteiger partial charge in [0.2, 0.25) is 0 Å². The topological polar surface area (TPSA) is 39.7 Å². The smallest absolute Gasteiger partial charge is 0.191 e. The summed E-state index contributed by atoms with van der Waals surface area (Å²) in [4.78, 5) is 7.30. The van der Waals surface area contributed by atoms with Gasteiger partial charge >= 0.3 is 0 Å². The summed E-state index contributed by atoms with van der Waals surface area (Å²) >= 11 is 0. The molecule has 1 saturated carbocycles. The highest BCUT2D eigenvalue weighted by Crippen LogP contribution is 2.32. The summed E-state index contributed by atoms with van der Waals surface area (Å²) in [6.45, 7) is 10.0. The van der Waals surface area contributed by atoms with Crippen LogP contribution in [-0.2, 0) is 0 Å². The average Bonchev–Trinajstić information content (AvgIpc) is 3.26. The third-order valence-corrected chi connectivity index (χ3v) is 4.32. The van der Waals surface area contributed by atoms with Crippen molar-refractivity contribution >= 4 is 29.9 Å². The maximum absolute atomic E-state index is 4.72. The summed E-state index contributed by atoms with van der Waals surface area (Å²) in [5.74, 6) is 2.00. The first kappa shape index (κ1) is 19.0. The molecule has 2 N–H and O–H groups in total. The quantitative estimate of drug-likeness (QED) is 0.387. The van der Waals surface area contributed by atoms with Crippen molar-refractivity contribution in [1.29, 1.82) is 0 Å². The fraction of sp³-hybridized carbons (Fsp3) is 0.938. The molecular weight excluding hydrogens is 375 g/mol. The van der Waals surface area contributed by atoms with Crippen LogP contribution in [-0.4, -0.2) is 49.6 Å². The molecule has 21 heavy (non-hydrogen) atoms. The normalized spacial score (nSPS) is 21.0. The molecule has 0 aromatic carbocycles. The summed E-state index contributed by atoms with van der Waals surface area (Å²) in [5, 5.41) is 7.01. The number of guanidine groups is 1. The first-order valence-corrected chi connectivity index (χ1v) is 8.59. The van der Waals surface area contributed by atoms with Gasteiger partial charge < -0.3 is 15.5 Å². The van der Waals surface area contributed by atoms with Crippen molar-refractivity contribution in [2.75, 3.05) is 32.7 Å². The van der Waals surface area contributed by atoms with Gasteiger partial charge in [0.1, 0.15) is 0 Å². The zero-order valence-corrected chi connectivity index (χ0v) is 16.1. The van der Waals surface area contributed by atoms with E-state index >= 15 is 0 Å². The molecule has 2 fully saturated rings. The first-order chi connectivity index (χ1) is 9.81. The van der Waals surface area contributed by atoms with Gasteiger partial charge in [0.25, 0.3) is 0 Å². The molecule has 4 nitrogen and oxygen atoms in total. The van der Waals surface area contributed by atoms with E-state index in [2.05, 4.69) is 29.4 Å². The number of hydrogen-bond acceptors (Lipinski definition) is 2. The Kier molecular flexibility index (Phi) is 9.64. The Morgan fingerprint density at radius 1 is 1.14 bits per heavy atom. The predicted molar refractivity (Wildman–Crippen MR) is 102 cm³/mol. The number of halogens is 1. The Labute approximate surface area is 147 Å². The number of hydrogen-bond donors (Lipinski definition) is 2. The minimum absolute atomic E-state index is 0. The largest absolute Gasteiger partial charge is 0.357 e. The van der Waals surface area contributed by atoms with Gasteiger partial charge in [-0.1, -0.05) is 19.8 Å². The second kappa shape index (κ2) is 10.6. The highest BCUT2D eigenvalue weighted by Gasteiger charge is 2.21. The third kappa shape index (κ3) is 7.68. The van der Waals surface area contributed by atoms with Gasteiger partial charge in [-0.3, -0.25) is 4.99 Å². The summed E-state index contributed by atoms with van der Waals surface area (Å²) in [6.07, 6.45) is 7.87. The minimum atomic E-state index is 0. The number of piperidine rings is 1. The van der Waals surface area contributed by atoms with Gasteiger partial charge in [-0.05, 0) is 45.1 Å². The predicted octanol–water partition coefficient (Wildman–Crippen LogP) is 2.83. The van der Waals surface area contributed by atoms with E-state index in [1.165, 1.54) is 58.2 Å². The number of nitrogens with zero attached hydrogens (tertiary/aromatic N) is 2. The highest BCUT2D eigenvalue weighted by atomic mass is 127. The lowest BCUT2D eigenvalue weighted by molar-refractivity contribution is 0.206. The van der Waals surface area contributed by atoms with Crippen molar-refractivity contribution in [2.24, 2.45) is 10.9 Å². The van der Waals surface area contributed by atoms with E-state index in [4.69, 9.17) is 4.99 Å². The molecule has 0 atom stereocenters. The van der Waals surface area contributed by atoms with Crippen molar-refractivity contribution in [3.63, 3.8) is 0 Å². The average molecular weight is 408 g/mol. The number of likely N-dealkylation sites (tertiary alicyclic amines) is 1. The molecule has 2 rings (SSSR count).